The van der Waals surface area contributed by atoms with Crippen molar-refractivity contribution in [2.24, 2.45) is 4.99 Å². The summed E-state index contributed by atoms with van der Waals surface area (Å²) in [5.74, 6) is 0. The van der Waals surface area contributed by atoms with E-state index in [1.807, 2.05) is 6.08 Å². The second kappa shape index (κ2) is 4.91. The van der Waals surface area contributed by atoms with Gasteiger partial charge in [0.1, 0.15) is 0 Å². The SMILES string of the molecule is C=C/C=C/C(C)(C)N=C(C)CC. The van der Waals surface area contributed by atoms with Crippen LogP contribution in [0.25, 0.3) is 0 Å². The maximum Gasteiger partial charge on any atom is 0.0733 e. The third-order valence-corrected chi connectivity index (χ3v) is 1.63. The van der Waals surface area contributed by atoms with Gasteiger partial charge in [0.05, 0.1) is 5.54 Å². The van der Waals surface area contributed by atoms with Crippen LogP contribution in [0.15, 0.2) is 29.8 Å². The second-order valence-electron chi connectivity index (χ2n) is 3.45. The highest BCUT2D eigenvalue weighted by Crippen LogP contribution is 2.11. The molecule has 0 aliphatic rings. The molecule has 0 radical (unpaired) electrons. The average Bonchev–Trinajstić information content (AvgIpc) is 2.00. The molecular weight excluding hydrogens is 146 g/mol. The zero-order valence-corrected chi connectivity index (χ0v) is 8.59. The molecule has 0 unspecified atom stereocenters. The lowest BCUT2D eigenvalue weighted by molar-refractivity contribution is 0.655. The first-order chi connectivity index (χ1) is 5.52. The van der Waals surface area contributed by atoms with E-state index < -0.39 is 0 Å². The standard InChI is InChI=1S/C11H19N/c1-6-8-9-11(4,5)12-10(3)7-2/h6,8-9H,1,7H2,2-5H3/b9-8+,12-10?. The third kappa shape index (κ3) is 4.89. The molecule has 0 aromatic rings. The van der Waals surface area contributed by atoms with E-state index in [9.17, 15) is 0 Å². The van der Waals surface area contributed by atoms with Crippen LogP contribution >= 0.6 is 0 Å². The Morgan fingerprint density at radius 1 is 1.50 bits per heavy atom. The van der Waals surface area contributed by atoms with Gasteiger partial charge >= 0.3 is 0 Å². The number of rotatable bonds is 4. The van der Waals surface area contributed by atoms with Crippen molar-refractivity contribution >= 4 is 5.71 Å². The lowest BCUT2D eigenvalue weighted by atomic mass is 10.1. The molecule has 0 heterocycles. The van der Waals surface area contributed by atoms with E-state index in [0.717, 1.165) is 6.42 Å². The van der Waals surface area contributed by atoms with Crippen molar-refractivity contribution in [1.29, 1.82) is 0 Å². The number of aliphatic imine (C=N–C) groups is 1. The van der Waals surface area contributed by atoms with Gasteiger partial charge < -0.3 is 0 Å². The van der Waals surface area contributed by atoms with Gasteiger partial charge in [0.15, 0.2) is 0 Å². The Kier molecular flexibility index (Phi) is 4.57. The molecule has 0 saturated carbocycles. The summed E-state index contributed by atoms with van der Waals surface area (Å²) in [6, 6.07) is 0. The Morgan fingerprint density at radius 2 is 2.08 bits per heavy atom. The van der Waals surface area contributed by atoms with Crippen molar-refractivity contribution in [1.82, 2.24) is 0 Å². The van der Waals surface area contributed by atoms with Crippen molar-refractivity contribution in [3.63, 3.8) is 0 Å². The largest absolute Gasteiger partial charge is 0.284 e. The molecule has 0 aliphatic carbocycles. The van der Waals surface area contributed by atoms with Gasteiger partial charge in [-0.1, -0.05) is 31.7 Å². The molecule has 0 bridgehead atoms. The predicted molar refractivity (Wildman–Crippen MR) is 56.8 cm³/mol. The van der Waals surface area contributed by atoms with Crippen LogP contribution in [-0.2, 0) is 0 Å². The topological polar surface area (TPSA) is 12.4 Å². The maximum absolute atomic E-state index is 4.55. The van der Waals surface area contributed by atoms with E-state index in [-0.39, 0.29) is 5.54 Å². The highest BCUT2D eigenvalue weighted by atomic mass is 14.8. The molecule has 68 valence electrons. The first kappa shape index (κ1) is 11.2. The van der Waals surface area contributed by atoms with Gasteiger partial charge in [-0.2, -0.15) is 0 Å². The van der Waals surface area contributed by atoms with Crippen LogP contribution in [0.5, 0.6) is 0 Å². The highest BCUT2D eigenvalue weighted by molar-refractivity contribution is 5.82. The molecular formula is C11H19N. The van der Waals surface area contributed by atoms with E-state index >= 15 is 0 Å². The number of allylic oxidation sites excluding steroid dienone is 2. The molecule has 0 aromatic carbocycles. The van der Waals surface area contributed by atoms with Crippen molar-refractivity contribution in [2.45, 2.75) is 39.7 Å². The first-order valence-electron chi connectivity index (χ1n) is 4.37. The molecule has 0 aliphatic heterocycles. The van der Waals surface area contributed by atoms with Crippen LogP contribution in [0.1, 0.15) is 34.1 Å². The number of hydrogen-bond acceptors (Lipinski definition) is 1. The minimum absolute atomic E-state index is 0.0890. The summed E-state index contributed by atoms with van der Waals surface area (Å²) in [5, 5.41) is 0. The van der Waals surface area contributed by atoms with Crippen LogP contribution in [0.3, 0.4) is 0 Å². The minimum atomic E-state index is -0.0890. The summed E-state index contributed by atoms with van der Waals surface area (Å²) >= 11 is 0. The molecule has 1 heteroatoms. The molecule has 0 atom stereocenters. The van der Waals surface area contributed by atoms with Gasteiger partial charge in [0.2, 0.25) is 0 Å². The van der Waals surface area contributed by atoms with E-state index in [4.69, 9.17) is 0 Å². The van der Waals surface area contributed by atoms with Gasteiger partial charge in [-0.05, 0) is 27.2 Å². The Labute approximate surface area is 75.9 Å². The smallest absolute Gasteiger partial charge is 0.0733 e. The Bertz CT molecular complexity index is 197. The molecule has 0 amide bonds. The lowest BCUT2D eigenvalue weighted by Crippen LogP contribution is -2.14. The molecule has 0 aromatic heterocycles. The summed E-state index contributed by atoms with van der Waals surface area (Å²) in [4.78, 5) is 4.55. The van der Waals surface area contributed by atoms with Crippen molar-refractivity contribution in [2.75, 3.05) is 0 Å². The van der Waals surface area contributed by atoms with Crippen LogP contribution in [0.4, 0.5) is 0 Å². The fourth-order valence-electron chi connectivity index (χ4n) is 0.912. The van der Waals surface area contributed by atoms with E-state index in [1.54, 1.807) is 6.08 Å². The van der Waals surface area contributed by atoms with E-state index in [2.05, 4.69) is 45.3 Å². The fraction of sp³-hybridized carbons (Fsp3) is 0.545. The Morgan fingerprint density at radius 3 is 2.50 bits per heavy atom. The van der Waals surface area contributed by atoms with Crippen LogP contribution in [-0.4, -0.2) is 11.3 Å². The quantitative estimate of drug-likeness (QED) is 0.447. The van der Waals surface area contributed by atoms with Gasteiger partial charge in [0, 0.05) is 5.71 Å². The van der Waals surface area contributed by atoms with Gasteiger partial charge in [-0.25, -0.2) is 0 Å². The van der Waals surface area contributed by atoms with Crippen molar-refractivity contribution < 1.29 is 0 Å². The zero-order valence-electron chi connectivity index (χ0n) is 8.59. The molecule has 0 rings (SSSR count). The summed E-state index contributed by atoms with van der Waals surface area (Å²) in [7, 11) is 0. The molecule has 0 N–H and O–H groups in total. The summed E-state index contributed by atoms with van der Waals surface area (Å²) in [6.07, 6.45) is 6.79. The normalized spacial score (nSPS) is 13.8. The molecule has 0 saturated heterocycles. The van der Waals surface area contributed by atoms with Crippen LogP contribution in [0, 0.1) is 0 Å². The van der Waals surface area contributed by atoms with Crippen molar-refractivity contribution in [3.05, 3.63) is 24.8 Å². The zero-order chi connectivity index (χ0) is 9.61. The highest BCUT2D eigenvalue weighted by Gasteiger charge is 2.09. The monoisotopic (exact) mass is 165 g/mol. The molecule has 1 nitrogen and oxygen atoms in total. The third-order valence-electron chi connectivity index (χ3n) is 1.63. The van der Waals surface area contributed by atoms with Crippen LogP contribution in [0.2, 0.25) is 0 Å². The Hall–Kier alpha value is -0.850. The first-order valence-corrected chi connectivity index (χ1v) is 4.37. The number of nitrogens with zero attached hydrogens (tertiary/aromatic N) is 1. The summed E-state index contributed by atoms with van der Waals surface area (Å²) < 4.78 is 0. The fourth-order valence-corrected chi connectivity index (χ4v) is 0.912. The number of hydrogen-bond donors (Lipinski definition) is 0. The van der Waals surface area contributed by atoms with Gasteiger partial charge in [-0.3, -0.25) is 4.99 Å². The lowest BCUT2D eigenvalue weighted by Gasteiger charge is -2.15. The predicted octanol–water partition coefficient (Wildman–Crippen LogP) is 3.38. The molecule has 0 spiro atoms. The van der Waals surface area contributed by atoms with Gasteiger partial charge in [0.25, 0.3) is 0 Å². The summed E-state index contributed by atoms with van der Waals surface area (Å²) in [5.41, 5.74) is 1.10. The second-order valence-corrected chi connectivity index (χ2v) is 3.45. The van der Waals surface area contributed by atoms with Crippen LogP contribution < -0.4 is 0 Å². The minimum Gasteiger partial charge on any atom is -0.284 e. The van der Waals surface area contributed by atoms with Crippen molar-refractivity contribution in [3.8, 4) is 0 Å². The Balaban J connectivity index is 4.40. The summed E-state index contributed by atoms with van der Waals surface area (Å²) in [6.45, 7) is 12.0. The van der Waals surface area contributed by atoms with E-state index in [0.29, 0.717) is 0 Å². The average molecular weight is 165 g/mol. The molecule has 0 fully saturated rings. The van der Waals surface area contributed by atoms with Gasteiger partial charge in [-0.15, -0.1) is 0 Å². The maximum atomic E-state index is 4.55. The molecule has 12 heavy (non-hydrogen) atoms. The van der Waals surface area contributed by atoms with E-state index in [1.165, 1.54) is 5.71 Å².